The maximum absolute atomic E-state index is 12.6. The van der Waals surface area contributed by atoms with Gasteiger partial charge in [-0.05, 0) is 24.6 Å². The summed E-state index contributed by atoms with van der Waals surface area (Å²) in [5.41, 5.74) is -0.761. The Kier molecular flexibility index (Phi) is 3.78. The molecule has 1 aromatic rings. The van der Waals surface area contributed by atoms with Crippen LogP contribution in [0.4, 0.5) is 18.9 Å². The molecule has 5 heteroatoms. The van der Waals surface area contributed by atoms with Crippen molar-refractivity contribution in [3.05, 3.63) is 29.3 Å². The van der Waals surface area contributed by atoms with Crippen LogP contribution < -0.4 is 5.32 Å². The van der Waals surface area contributed by atoms with Gasteiger partial charge in [-0.25, -0.2) is 0 Å². The molecule has 1 rings (SSSR count). The number of rotatable bonds is 3. The Bertz CT molecular complexity index is 405. The van der Waals surface area contributed by atoms with E-state index < -0.39 is 11.7 Å². The summed E-state index contributed by atoms with van der Waals surface area (Å²) in [5, 5.41) is 11.2. The van der Waals surface area contributed by atoms with Crippen LogP contribution in [0, 0.1) is 11.3 Å². The van der Waals surface area contributed by atoms with Crippen molar-refractivity contribution < 1.29 is 13.2 Å². The Hall–Kier alpha value is -1.70. The Morgan fingerprint density at radius 1 is 1.38 bits per heavy atom. The number of nitriles is 1. The number of nitrogens with zero attached hydrogens (tertiary/aromatic N) is 1. The third-order valence-electron chi connectivity index (χ3n) is 2.02. The Balaban J connectivity index is 3.13. The van der Waals surface area contributed by atoms with Crippen LogP contribution in [0.3, 0.4) is 0 Å². The van der Waals surface area contributed by atoms with E-state index >= 15 is 0 Å². The molecule has 0 radical (unpaired) electrons. The van der Waals surface area contributed by atoms with E-state index in [4.69, 9.17) is 5.26 Å². The molecule has 0 aromatic heterocycles. The van der Waals surface area contributed by atoms with E-state index in [1.165, 1.54) is 12.1 Å². The summed E-state index contributed by atoms with van der Waals surface area (Å²) in [4.78, 5) is 0. The summed E-state index contributed by atoms with van der Waals surface area (Å²) in [7, 11) is 0. The van der Waals surface area contributed by atoms with Gasteiger partial charge in [0.2, 0.25) is 0 Å². The molecule has 1 N–H and O–H groups in total. The van der Waals surface area contributed by atoms with Crippen LogP contribution in [-0.2, 0) is 6.18 Å². The van der Waals surface area contributed by atoms with E-state index in [1.807, 2.05) is 6.92 Å². The lowest BCUT2D eigenvalue weighted by Gasteiger charge is -2.14. The van der Waals surface area contributed by atoms with Gasteiger partial charge in [-0.1, -0.05) is 6.92 Å². The van der Waals surface area contributed by atoms with Crippen molar-refractivity contribution in [2.24, 2.45) is 0 Å². The molecule has 16 heavy (non-hydrogen) atoms. The molecule has 0 aliphatic rings. The van der Waals surface area contributed by atoms with E-state index in [1.54, 1.807) is 6.07 Å². The maximum Gasteiger partial charge on any atom is 0.418 e. The molecular weight excluding hydrogens is 217 g/mol. The van der Waals surface area contributed by atoms with Crippen molar-refractivity contribution in [1.29, 1.82) is 5.26 Å². The van der Waals surface area contributed by atoms with Gasteiger partial charge in [0.05, 0.1) is 17.2 Å². The van der Waals surface area contributed by atoms with Crippen LogP contribution in [0.5, 0.6) is 0 Å². The minimum Gasteiger partial charge on any atom is -0.385 e. The van der Waals surface area contributed by atoms with Gasteiger partial charge in [0.25, 0.3) is 0 Å². The monoisotopic (exact) mass is 228 g/mol. The first kappa shape index (κ1) is 12.4. The fourth-order valence-corrected chi connectivity index (χ4v) is 1.26. The first-order chi connectivity index (χ1) is 7.49. The first-order valence-corrected chi connectivity index (χ1v) is 4.84. The Labute approximate surface area is 91.7 Å². The molecule has 0 atom stereocenters. The quantitative estimate of drug-likeness (QED) is 0.860. The number of anilines is 1. The molecule has 0 heterocycles. The molecule has 0 amide bonds. The summed E-state index contributed by atoms with van der Waals surface area (Å²) in [6.07, 6.45) is -3.71. The van der Waals surface area contributed by atoms with Crippen molar-refractivity contribution in [2.75, 3.05) is 11.9 Å². The highest BCUT2D eigenvalue weighted by Crippen LogP contribution is 2.35. The molecule has 0 aliphatic heterocycles. The van der Waals surface area contributed by atoms with Gasteiger partial charge >= 0.3 is 6.18 Å². The molecule has 2 nitrogen and oxygen atoms in total. The summed E-state index contributed by atoms with van der Waals surface area (Å²) in [6.45, 7) is 2.33. The van der Waals surface area contributed by atoms with E-state index in [0.29, 0.717) is 6.54 Å². The first-order valence-electron chi connectivity index (χ1n) is 4.84. The highest BCUT2D eigenvalue weighted by Gasteiger charge is 2.33. The van der Waals surface area contributed by atoms with Crippen LogP contribution in [-0.4, -0.2) is 6.54 Å². The average molecular weight is 228 g/mol. The average Bonchev–Trinajstić information content (AvgIpc) is 2.25. The Morgan fingerprint density at radius 2 is 2.06 bits per heavy atom. The van der Waals surface area contributed by atoms with Crippen LogP contribution in [0.2, 0.25) is 0 Å². The third kappa shape index (κ3) is 2.89. The lowest BCUT2D eigenvalue weighted by atomic mass is 10.1. The third-order valence-corrected chi connectivity index (χ3v) is 2.02. The van der Waals surface area contributed by atoms with Gasteiger partial charge in [-0.2, -0.15) is 18.4 Å². The Morgan fingerprint density at radius 3 is 2.56 bits per heavy atom. The number of nitrogens with one attached hydrogen (secondary N) is 1. The molecular formula is C11H11F3N2. The van der Waals surface area contributed by atoms with Crippen molar-refractivity contribution >= 4 is 5.69 Å². The summed E-state index contributed by atoms with van der Waals surface area (Å²) in [6, 6.07) is 5.21. The maximum atomic E-state index is 12.6. The zero-order valence-corrected chi connectivity index (χ0v) is 8.73. The molecule has 1 aromatic carbocycles. The molecule has 0 fully saturated rings. The summed E-state index contributed by atoms with van der Waals surface area (Å²) in [5.74, 6) is 0. The second-order valence-electron chi connectivity index (χ2n) is 3.30. The summed E-state index contributed by atoms with van der Waals surface area (Å²) >= 11 is 0. The standard InChI is InChI=1S/C11H11F3N2/c1-2-5-16-10-4-3-8(7-15)6-9(10)11(12,13)14/h3-4,6,16H,2,5H2,1H3. The zero-order valence-electron chi connectivity index (χ0n) is 8.73. The minimum absolute atomic E-state index is 0.00868. The van der Waals surface area contributed by atoms with E-state index in [-0.39, 0.29) is 11.3 Å². The minimum atomic E-state index is -4.44. The van der Waals surface area contributed by atoms with Gasteiger partial charge in [0.1, 0.15) is 0 Å². The van der Waals surface area contributed by atoms with Crippen molar-refractivity contribution in [3.8, 4) is 6.07 Å². The molecule has 0 saturated heterocycles. The predicted octanol–water partition coefficient (Wildman–Crippen LogP) is 3.40. The smallest absolute Gasteiger partial charge is 0.385 e. The van der Waals surface area contributed by atoms with E-state index in [0.717, 1.165) is 12.5 Å². The number of alkyl halides is 3. The summed E-state index contributed by atoms with van der Waals surface area (Å²) < 4.78 is 37.9. The number of hydrogen-bond acceptors (Lipinski definition) is 2. The van der Waals surface area contributed by atoms with Crippen LogP contribution in [0.1, 0.15) is 24.5 Å². The van der Waals surface area contributed by atoms with E-state index in [9.17, 15) is 13.2 Å². The van der Waals surface area contributed by atoms with Gasteiger partial charge < -0.3 is 5.32 Å². The van der Waals surface area contributed by atoms with Gasteiger partial charge in [-0.3, -0.25) is 0 Å². The normalized spacial score (nSPS) is 10.9. The van der Waals surface area contributed by atoms with Crippen LogP contribution in [0.25, 0.3) is 0 Å². The fourth-order valence-electron chi connectivity index (χ4n) is 1.26. The zero-order chi connectivity index (χ0) is 12.2. The number of benzene rings is 1. The van der Waals surface area contributed by atoms with Gasteiger partial charge in [0.15, 0.2) is 0 Å². The molecule has 0 unspecified atom stereocenters. The van der Waals surface area contributed by atoms with Crippen molar-refractivity contribution in [3.63, 3.8) is 0 Å². The predicted molar refractivity (Wildman–Crippen MR) is 54.9 cm³/mol. The number of hydrogen-bond donors (Lipinski definition) is 1. The van der Waals surface area contributed by atoms with Crippen molar-refractivity contribution in [1.82, 2.24) is 0 Å². The highest BCUT2D eigenvalue weighted by atomic mass is 19.4. The van der Waals surface area contributed by atoms with Crippen LogP contribution >= 0.6 is 0 Å². The molecule has 0 spiro atoms. The van der Waals surface area contributed by atoms with Crippen LogP contribution in [0.15, 0.2) is 18.2 Å². The topological polar surface area (TPSA) is 35.8 Å². The molecule has 0 bridgehead atoms. The second kappa shape index (κ2) is 4.88. The largest absolute Gasteiger partial charge is 0.418 e. The fraction of sp³-hybridized carbons (Fsp3) is 0.364. The number of halogens is 3. The highest BCUT2D eigenvalue weighted by molar-refractivity contribution is 5.56. The molecule has 86 valence electrons. The lowest BCUT2D eigenvalue weighted by molar-refractivity contribution is -0.137. The second-order valence-corrected chi connectivity index (χ2v) is 3.30. The molecule has 0 aliphatic carbocycles. The van der Waals surface area contributed by atoms with Gasteiger partial charge in [0, 0.05) is 12.2 Å². The van der Waals surface area contributed by atoms with E-state index in [2.05, 4.69) is 5.32 Å². The van der Waals surface area contributed by atoms with Gasteiger partial charge in [-0.15, -0.1) is 0 Å². The SMILES string of the molecule is CCCNc1ccc(C#N)cc1C(F)(F)F. The van der Waals surface area contributed by atoms with Crippen molar-refractivity contribution in [2.45, 2.75) is 19.5 Å². The lowest BCUT2D eigenvalue weighted by Crippen LogP contribution is -2.11. The molecule has 0 saturated carbocycles.